The summed E-state index contributed by atoms with van der Waals surface area (Å²) < 4.78 is 5.73. The summed E-state index contributed by atoms with van der Waals surface area (Å²) in [6.07, 6.45) is -0.605. The molecule has 0 saturated carbocycles. The normalized spacial score (nSPS) is 12.5. The lowest BCUT2D eigenvalue weighted by molar-refractivity contribution is 0.108. The second-order valence-corrected chi connectivity index (χ2v) is 5.90. The van der Waals surface area contributed by atoms with E-state index in [1.165, 1.54) is 16.7 Å². The van der Waals surface area contributed by atoms with Crippen molar-refractivity contribution < 1.29 is 9.84 Å². The molecule has 0 aliphatic heterocycles. The van der Waals surface area contributed by atoms with Gasteiger partial charge in [-0.2, -0.15) is 0 Å². The number of aryl methyl sites for hydroxylation is 2. The Balaban J connectivity index is 2.02. The Morgan fingerprint density at radius 3 is 2.38 bits per heavy atom. The summed E-state index contributed by atoms with van der Waals surface area (Å²) in [5, 5.41) is 10.3. The molecule has 0 saturated heterocycles. The maximum atomic E-state index is 10.3. The fourth-order valence-electron chi connectivity index (χ4n) is 2.21. The molecular formula is C19H24O2. The van der Waals surface area contributed by atoms with Crippen molar-refractivity contribution in [3.8, 4) is 5.75 Å². The molecule has 2 aromatic carbocycles. The van der Waals surface area contributed by atoms with E-state index in [2.05, 4.69) is 33.8 Å². The van der Waals surface area contributed by atoms with Crippen molar-refractivity contribution in [3.63, 3.8) is 0 Å². The van der Waals surface area contributed by atoms with Crippen molar-refractivity contribution in [2.45, 2.75) is 39.7 Å². The second-order valence-electron chi connectivity index (χ2n) is 5.90. The Kier molecular flexibility index (Phi) is 5.03. The molecule has 2 rings (SSSR count). The number of rotatable bonds is 5. The standard InChI is InChI=1S/C19H24O2/c1-13(2)16-6-5-7-18(11-16)21-12-19(20)17-9-8-14(3)15(4)10-17/h5-11,13,19-20H,12H2,1-4H3. The molecule has 21 heavy (non-hydrogen) atoms. The molecule has 0 aliphatic rings. The van der Waals surface area contributed by atoms with E-state index in [-0.39, 0.29) is 6.61 Å². The molecule has 0 amide bonds. The van der Waals surface area contributed by atoms with Crippen LogP contribution in [0.3, 0.4) is 0 Å². The van der Waals surface area contributed by atoms with Crippen molar-refractivity contribution in [1.82, 2.24) is 0 Å². The zero-order valence-electron chi connectivity index (χ0n) is 13.3. The van der Waals surface area contributed by atoms with E-state index in [1.807, 2.05) is 36.4 Å². The van der Waals surface area contributed by atoms with Gasteiger partial charge in [0.25, 0.3) is 0 Å². The summed E-state index contributed by atoms with van der Waals surface area (Å²) in [6.45, 7) is 8.70. The Hall–Kier alpha value is -1.80. The van der Waals surface area contributed by atoms with E-state index in [9.17, 15) is 5.11 Å². The van der Waals surface area contributed by atoms with Crippen LogP contribution in [0, 0.1) is 13.8 Å². The number of aliphatic hydroxyl groups excluding tert-OH is 1. The summed E-state index contributed by atoms with van der Waals surface area (Å²) in [4.78, 5) is 0. The molecule has 2 nitrogen and oxygen atoms in total. The van der Waals surface area contributed by atoms with Crippen LogP contribution in [-0.2, 0) is 0 Å². The number of hydrogen-bond donors (Lipinski definition) is 1. The first-order valence-electron chi connectivity index (χ1n) is 7.45. The zero-order valence-corrected chi connectivity index (χ0v) is 13.3. The summed E-state index contributed by atoms with van der Waals surface area (Å²) in [5.74, 6) is 1.28. The summed E-state index contributed by atoms with van der Waals surface area (Å²) in [5.41, 5.74) is 4.57. The molecule has 0 aliphatic carbocycles. The molecule has 0 fully saturated rings. The number of hydrogen-bond acceptors (Lipinski definition) is 2. The van der Waals surface area contributed by atoms with Gasteiger partial charge in [0, 0.05) is 0 Å². The SMILES string of the molecule is Cc1ccc(C(O)COc2cccc(C(C)C)c2)cc1C. The third kappa shape index (κ3) is 4.08. The lowest BCUT2D eigenvalue weighted by Gasteiger charge is -2.15. The Bertz CT molecular complexity index is 602. The van der Waals surface area contributed by atoms with Gasteiger partial charge in [0.15, 0.2) is 0 Å². The molecule has 2 heteroatoms. The highest BCUT2D eigenvalue weighted by atomic mass is 16.5. The van der Waals surface area contributed by atoms with Crippen molar-refractivity contribution in [1.29, 1.82) is 0 Å². The van der Waals surface area contributed by atoms with Crippen LogP contribution in [0.15, 0.2) is 42.5 Å². The number of benzene rings is 2. The second kappa shape index (κ2) is 6.77. The third-order valence-corrected chi connectivity index (χ3v) is 3.85. The van der Waals surface area contributed by atoms with Gasteiger partial charge in [-0.15, -0.1) is 0 Å². The molecule has 1 N–H and O–H groups in total. The average molecular weight is 284 g/mol. The van der Waals surface area contributed by atoms with Gasteiger partial charge < -0.3 is 9.84 Å². The molecule has 0 radical (unpaired) electrons. The van der Waals surface area contributed by atoms with Crippen molar-refractivity contribution in [2.24, 2.45) is 0 Å². The van der Waals surface area contributed by atoms with Gasteiger partial charge in [-0.05, 0) is 54.2 Å². The third-order valence-electron chi connectivity index (χ3n) is 3.85. The van der Waals surface area contributed by atoms with Crippen LogP contribution >= 0.6 is 0 Å². The first-order valence-corrected chi connectivity index (χ1v) is 7.45. The highest BCUT2D eigenvalue weighted by molar-refractivity contribution is 5.32. The highest BCUT2D eigenvalue weighted by Crippen LogP contribution is 2.22. The highest BCUT2D eigenvalue weighted by Gasteiger charge is 2.10. The van der Waals surface area contributed by atoms with Crippen molar-refractivity contribution in [3.05, 3.63) is 64.7 Å². The quantitative estimate of drug-likeness (QED) is 0.873. The van der Waals surface area contributed by atoms with Crippen LogP contribution < -0.4 is 4.74 Å². The molecule has 0 spiro atoms. The molecule has 1 unspecified atom stereocenters. The predicted molar refractivity (Wildman–Crippen MR) is 86.9 cm³/mol. The maximum absolute atomic E-state index is 10.3. The lowest BCUT2D eigenvalue weighted by atomic mass is 10.0. The Morgan fingerprint density at radius 1 is 0.952 bits per heavy atom. The van der Waals surface area contributed by atoms with E-state index in [0.29, 0.717) is 5.92 Å². The minimum atomic E-state index is -0.605. The minimum Gasteiger partial charge on any atom is -0.491 e. The molecule has 0 bridgehead atoms. The van der Waals surface area contributed by atoms with Gasteiger partial charge in [-0.3, -0.25) is 0 Å². The van der Waals surface area contributed by atoms with Crippen LogP contribution in [0.25, 0.3) is 0 Å². The van der Waals surface area contributed by atoms with Crippen molar-refractivity contribution >= 4 is 0 Å². The zero-order chi connectivity index (χ0) is 15.4. The van der Waals surface area contributed by atoms with Crippen LogP contribution in [-0.4, -0.2) is 11.7 Å². The summed E-state index contributed by atoms with van der Waals surface area (Å²) in [6, 6.07) is 14.1. The summed E-state index contributed by atoms with van der Waals surface area (Å²) >= 11 is 0. The molecule has 1 atom stereocenters. The van der Waals surface area contributed by atoms with Crippen molar-refractivity contribution in [2.75, 3.05) is 6.61 Å². The van der Waals surface area contributed by atoms with Crippen LogP contribution in [0.1, 0.15) is 48.1 Å². The van der Waals surface area contributed by atoms with E-state index in [4.69, 9.17) is 4.74 Å². The molecular weight excluding hydrogens is 260 g/mol. The fraction of sp³-hybridized carbons (Fsp3) is 0.368. The van der Waals surface area contributed by atoms with Gasteiger partial charge in [-0.1, -0.05) is 44.2 Å². The van der Waals surface area contributed by atoms with Gasteiger partial charge >= 0.3 is 0 Å². The van der Waals surface area contributed by atoms with Gasteiger partial charge in [0.05, 0.1) is 0 Å². The predicted octanol–water partition coefficient (Wildman–Crippen LogP) is 4.54. The smallest absolute Gasteiger partial charge is 0.119 e. The molecule has 112 valence electrons. The van der Waals surface area contributed by atoms with Gasteiger partial charge in [0.2, 0.25) is 0 Å². The van der Waals surface area contributed by atoms with Crippen LogP contribution in [0.4, 0.5) is 0 Å². The largest absolute Gasteiger partial charge is 0.491 e. The van der Waals surface area contributed by atoms with Crippen LogP contribution in [0.5, 0.6) is 5.75 Å². The van der Waals surface area contributed by atoms with Crippen LogP contribution in [0.2, 0.25) is 0 Å². The number of ether oxygens (including phenoxy) is 1. The molecule has 0 aromatic heterocycles. The van der Waals surface area contributed by atoms with E-state index >= 15 is 0 Å². The monoisotopic (exact) mass is 284 g/mol. The Labute approximate surface area is 127 Å². The average Bonchev–Trinajstić information content (AvgIpc) is 2.48. The van der Waals surface area contributed by atoms with E-state index in [1.54, 1.807) is 0 Å². The van der Waals surface area contributed by atoms with E-state index in [0.717, 1.165) is 11.3 Å². The first-order chi connectivity index (χ1) is 9.97. The maximum Gasteiger partial charge on any atom is 0.119 e. The van der Waals surface area contributed by atoms with Gasteiger partial charge in [-0.25, -0.2) is 0 Å². The molecule has 2 aromatic rings. The molecule has 0 heterocycles. The lowest BCUT2D eigenvalue weighted by Crippen LogP contribution is -2.10. The number of aliphatic hydroxyl groups is 1. The van der Waals surface area contributed by atoms with Gasteiger partial charge in [0.1, 0.15) is 18.5 Å². The first kappa shape index (κ1) is 15.6. The topological polar surface area (TPSA) is 29.5 Å². The minimum absolute atomic E-state index is 0.268. The summed E-state index contributed by atoms with van der Waals surface area (Å²) in [7, 11) is 0. The Morgan fingerprint density at radius 2 is 1.71 bits per heavy atom. The fourth-order valence-corrected chi connectivity index (χ4v) is 2.21. The van der Waals surface area contributed by atoms with E-state index < -0.39 is 6.10 Å².